The Hall–Kier alpha value is -0.613. The van der Waals surface area contributed by atoms with Gasteiger partial charge in [0.2, 0.25) is 0 Å². The van der Waals surface area contributed by atoms with Gasteiger partial charge in [0.1, 0.15) is 0 Å². The fourth-order valence-corrected chi connectivity index (χ4v) is 3.64. The van der Waals surface area contributed by atoms with Crippen LogP contribution in [0.3, 0.4) is 0 Å². The van der Waals surface area contributed by atoms with Gasteiger partial charge < -0.3 is 9.16 Å². The predicted molar refractivity (Wildman–Crippen MR) is 66.7 cm³/mol. The maximum absolute atomic E-state index is 11.7. The first-order valence-corrected chi connectivity index (χ1v) is 9.17. The monoisotopic (exact) mass is 242 g/mol. The van der Waals surface area contributed by atoms with E-state index in [0.717, 1.165) is 12.8 Å². The molecule has 2 atom stereocenters. The number of ether oxygens (including phenoxy) is 1. The normalized spacial score (nSPS) is 26.8. The van der Waals surface area contributed by atoms with Crippen molar-refractivity contribution in [2.24, 2.45) is 5.92 Å². The summed E-state index contributed by atoms with van der Waals surface area (Å²) in [7, 11) is -0.245. The lowest BCUT2D eigenvalue weighted by Crippen LogP contribution is -2.47. The minimum atomic E-state index is -1.68. The third-order valence-corrected chi connectivity index (χ3v) is 3.88. The summed E-state index contributed by atoms with van der Waals surface area (Å²) in [4.78, 5) is 11.7. The lowest BCUT2D eigenvalue weighted by Gasteiger charge is -2.38. The zero-order valence-electron chi connectivity index (χ0n) is 10.9. The molecule has 0 heterocycles. The molecule has 0 bridgehead atoms. The van der Waals surface area contributed by atoms with E-state index in [2.05, 4.69) is 25.7 Å². The van der Waals surface area contributed by atoms with Crippen LogP contribution in [0.1, 0.15) is 19.8 Å². The average molecular weight is 242 g/mol. The molecule has 2 unspecified atom stereocenters. The van der Waals surface area contributed by atoms with Gasteiger partial charge in [-0.3, -0.25) is 4.79 Å². The van der Waals surface area contributed by atoms with E-state index in [1.165, 1.54) is 7.11 Å². The standard InChI is InChI=1S/C12H22O3Si/c1-10(11(13)14-2)12(8-6-7-9-12)15-16(3,4)5/h6,8,10H,7,9H2,1-5H3. The molecule has 0 saturated carbocycles. The molecule has 3 nitrogen and oxygen atoms in total. The van der Waals surface area contributed by atoms with E-state index in [1.807, 2.05) is 13.0 Å². The lowest BCUT2D eigenvalue weighted by molar-refractivity contribution is -0.150. The first kappa shape index (κ1) is 13.5. The molecule has 1 aliphatic carbocycles. The van der Waals surface area contributed by atoms with E-state index in [1.54, 1.807) is 0 Å². The fourth-order valence-electron chi connectivity index (χ4n) is 2.16. The van der Waals surface area contributed by atoms with Crippen molar-refractivity contribution in [3.05, 3.63) is 12.2 Å². The highest BCUT2D eigenvalue weighted by Gasteiger charge is 2.44. The Morgan fingerprint density at radius 1 is 1.44 bits per heavy atom. The highest BCUT2D eigenvalue weighted by molar-refractivity contribution is 6.69. The molecule has 0 saturated heterocycles. The number of rotatable bonds is 4. The van der Waals surface area contributed by atoms with Crippen molar-refractivity contribution in [3.8, 4) is 0 Å². The van der Waals surface area contributed by atoms with Crippen LogP contribution in [0.25, 0.3) is 0 Å². The van der Waals surface area contributed by atoms with Crippen LogP contribution in [-0.4, -0.2) is 27.0 Å². The van der Waals surface area contributed by atoms with Crippen molar-refractivity contribution < 1.29 is 14.0 Å². The summed E-state index contributed by atoms with van der Waals surface area (Å²) >= 11 is 0. The number of hydrogen-bond acceptors (Lipinski definition) is 3. The average Bonchev–Trinajstić information content (AvgIpc) is 2.62. The Morgan fingerprint density at radius 2 is 2.06 bits per heavy atom. The Morgan fingerprint density at radius 3 is 2.44 bits per heavy atom. The maximum atomic E-state index is 11.7. The van der Waals surface area contributed by atoms with Crippen molar-refractivity contribution in [2.75, 3.05) is 7.11 Å². The summed E-state index contributed by atoms with van der Waals surface area (Å²) in [5, 5.41) is 0. The van der Waals surface area contributed by atoms with Crippen molar-refractivity contribution >= 4 is 14.3 Å². The second kappa shape index (κ2) is 4.71. The quantitative estimate of drug-likeness (QED) is 0.432. The first-order chi connectivity index (χ1) is 7.31. The van der Waals surface area contributed by atoms with Crippen molar-refractivity contribution in [3.63, 3.8) is 0 Å². The number of esters is 1. The van der Waals surface area contributed by atoms with Crippen LogP contribution < -0.4 is 0 Å². The number of methoxy groups -OCH3 is 1. The number of allylic oxidation sites excluding steroid dienone is 1. The van der Waals surface area contributed by atoms with Gasteiger partial charge in [-0.2, -0.15) is 0 Å². The number of carbonyl (C=O) groups excluding carboxylic acids is 1. The maximum Gasteiger partial charge on any atom is 0.311 e. The van der Waals surface area contributed by atoms with Crippen LogP contribution in [0.2, 0.25) is 19.6 Å². The smallest absolute Gasteiger partial charge is 0.311 e. The van der Waals surface area contributed by atoms with Gasteiger partial charge >= 0.3 is 5.97 Å². The van der Waals surface area contributed by atoms with Gasteiger partial charge in [0.25, 0.3) is 0 Å². The van der Waals surface area contributed by atoms with E-state index in [9.17, 15) is 4.79 Å². The van der Waals surface area contributed by atoms with Gasteiger partial charge in [-0.25, -0.2) is 0 Å². The molecule has 4 heteroatoms. The second-order valence-corrected chi connectivity index (χ2v) is 9.78. The van der Waals surface area contributed by atoms with Gasteiger partial charge in [-0.05, 0) is 39.4 Å². The molecule has 0 amide bonds. The molecule has 1 aliphatic rings. The molecule has 0 aromatic heterocycles. The van der Waals surface area contributed by atoms with Gasteiger partial charge in [0.15, 0.2) is 8.32 Å². The third-order valence-electron chi connectivity index (χ3n) is 2.89. The molecular formula is C12H22O3Si. The Bertz CT molecular complexity index is 293. The van der Waals surface area contributed by atoms with Crippen LogP contribution in [0.15, 0.2) is 12.2 Å². The molecule has 92 valence electrons. The Kier molecular flexibility index (Phi) is 3.96. The van der Waals surface area contributed by atoms with Crippen LogP contribution in [0, 0.1) is 5.92 Å². The first-order valence-electron chi connectivity index (χ1n) is 5.76. The Balaban J connectivity index is 2.89. The van der Waals surface area contributed by atoms with Crippen molar-refractivity contribution in [2.45, 2.75) is 45.0 Å². The highest BCUT2D eigenvalue weighted by atomic mass is 28.4. The van der Waals surface area contributed by atoms with Crippen LogP contribution in [0.4, 0.5) is 0 Å². The molecule has 0 aromatic rings. The van der Waals surface area contributed by atoms with Gasteiger partial charge in [0, 0.05) is 0 Å². The fraction of sp³-hybridized carbons (Fsp3) is 0.750. The summed E-state index contributed by atoms with van der Waals surface area (Å²) < 4.78 is 11.0. The van der Waals surface area contributed by atoms with E-state index in [4.69, 9.17) is 9.16 Å². The zero-order valence-corrected chi connectivity index (χ0v) is 11.9. The molecule has 0 aromatic carbocycles. The van der Waals surface area contributed by atoms with E-state index in [0.29, 0.717) is 0 Å². The number of carbonyl (C=O) groups is 1. The molecule has 0 radical (unpaired) electrons. The summed E-state index contributed by atoms with van der Waals surface area (Å²) in [5.41, 5.74) is -0.433. The molecule has 0 aliphatic heterocycles. The molecule has 0 spiro atoms. The minimum absolute atomic E-state index is 0.190. The third kappa shape index (κ3) is 2.95. The SMILES string of the molecule is COC(=O)C(C)C1(O[Si](C)(C)C)C=CCC1. The van der Waals surface area contributed by atoms with Crippen LogP contribution in [0.5, 0.6) is 0 Å². The van der Waals surface area contributed by atoms with Gasteiger partial charge in [-0.1, -0.05) is 12.2 Å². The predicted octanol–water partition coefficient (Wildman–Crippen LogP) is 2.74. The van der Waals surface area contributed by atoms with Crippen LogP contribution >= 0.6 is 0 Å². The zero-order chi connectivity index (χ0) is 12.4. The lowest BCUT2D eigenvalue weighted by atomic mass is 9.88. The van der Waals surface area contributed by atoms with Gasteiger partial charge in [-0.15, -0.1) is 0 Å². The topological polar surface area (TPSA) is 35.5 Å². The largest absolute Gasteiger partial charge is 0.469 e. The van der Waals surface area contributed by atoms with Crippen LogP contribution in [-0.2, 0) is 14.0 Å². The van der Waals surface area contributed by atoms with E-state index < -0.39 is 13.9 Å². The Labute approximate surface area is 99.0 Å². The summed E-state index contributed by atoms with van der Waals surface area (Å²) in [6.07, 6.45) is 6.01. The summed E-state index contributed by atoms with van der Waals surface area (Å²) in [6, 6.07) is 0. The molecule has 16 heavy (non-hydrogen) atoms. The van der Waals surface area contributed by atoms with Gasteiger partial charge in [0.05, 0.1) is 18.6 Å². The molecule has 0 fully saturated rings. The molecule has 1 rings (SSSR count). The summed E-state index contributed by atoms with van der Waals surface area (Å²) in [5.74, 6) is -0.423. The second-order valence-electron chi connectivity index (χ2n) is 5.36. The minimum Gasteiger partial charge on any atom is -0.469 e. The van der Waals surface area contributed by atoms with E-state index in [-0.39, 0.29) is 11.9 Å². The summed E-state index contributed by atoms with van der Waals surface area (Å²) in [6.45, 7) is 8.32. The highest BCUT2D eigenvalue weighted by Crippen LogP contribution is 2.37. The number of hydrogen-bond donors (Lipinski definition) is 0. The van der Waals surface area contributed by atoms with Crippen molar-refractivity contribution in [1.29, 1.82) is 0 Å². The van der Waals surface area contributed by atoms with Crippen molar-refractivity contribution in [1.82, 2.24) is 0 Å². The molecule has 0 N–H and O–H groups in total. The van der Waals surface area contributed by atoms with E-state index >= 15 is 0 Å². The molecular weight excluding hydrogens is 220 g/mol.